The molecule has 0 N–H and O–H groups in total. The average Bonchev–Trinajstić information content (AvgIpc) is 2.64. The van der Waals surface area contributed by atoms with Crippen molar-refractivity contribution in [1.29, 1.82) is 0 Å². The van der Waals surface area contributed by atoms with Crippen molar-refractivity contribution in [2.24, 2.45) is 5.92 Å². The van der Waals surface area contributed by atoms with Gasteiger partial charge in [-0.15, -0.1) is 11.6 Å². The lowest BCUT2D eigenvalue weighted by atomic mass is 10.0. The second-order valence-corrected chi connectivity index (χ2v) is 6.68. The van der Waals surface area contributed by atoms with Gasteiger partial charge in [-0.1, -0.05) is 13.8 Å². The predicted octanol–water partition coefficient (Wildman–Crippen LogP) is 3.40. The smallest absolute Gasteiger partial charge is 0.0635 e. The van der Waals surface area contributed by atoms with Crippen molar-refractivity contribution < 1.29 is 0 Å². The molecule has 1 heterocycles. The number of likely N-dealkylation sites (N-methyl/N-ethyl adjacent to an activating group) is 1. The van der Waals surface area contributed by atoms with Gasteiger partial charge < -0.3 is 4.90 Å². The van der Waals surface area contributed by atoms with Gasteiger partial charge in [0.25, 0.3) is 0 Å². The third-order valence-electron chi connectivity index (χ3n) is 3.04. The number of aromatic nitrogens is 2. The Morgan fingerprint density at radius 3 is 2.67 bits per heavy atom. The van der Waals surface area contributed by atoms with Crippen LogP contribution >= 0.6 is 27.5 Å². The first-order valence-electron chi connectivity index (χ1n) is 6.40. The summed E-state index contributed by atoms with van der Waals surface area (Å²) in [7, 11) is 4.15. The zero-order valence-electron chi connectivity index (χ0n) is 11.7. The van der Waals surface area contributed by atoms with E-state index in [2.05, 4.69) is 58.6 Å². The van der Waals surface area contributed by atoms with Crippen LogP contribution in [0.4, 0.5) is 0 Å². The summed E-state index contributed by atoms with van der Waals surface area (Å²) in [5.41, 5.74) is 1.25. The van der Waals surface area contributed by atoms with E-state index in [1.54, 1.807) is 0 Å². The highest BCUT2D eigenvalue weighted by atomic mass is 79.9. The van der Waals surface area contributed by atoms with E-state index in [0.29, 0.717) is 5.92 Å². The molecule has 1 rings (SSSR count). The van der Waals surface area contributed by atoms with E-state index < -0.39 is 0 Å². The molecule has 0 amide bonds. The molecule has 1 unspecified atom stereocenters. The Hall–Kier alpha value is -0.0600. The van der Waals surface area contributed by atoms with Gasteiger partial charge in [-0.3, -0.25) is 4.68 Å². The summed E-state index contributed by atoms with van der Waals surface area (Å²) in [4.78, 5) is 2.16. The fraction of sp³-hybridized carbons (Fsp3) is 0.769. The van der Waals surface area contributed by atoms with Crippen LogP contribution in [0.15, 0.2) is 10.7 Å². The summed E-state index contributed by atoms with van der Waals surface area (Å²) >= 11 is 9.88. The fourth-order valence-corrected chi connectivity index (χ4v) is 2.34. The Labute approximate surface area is 124 Å². The second-order valence-electron chi connectivity index (χ2n) is 5.26. The number of hydrogen-bond donors (Lipinski definition) is 0. The molecule has 5 heteroatoms. The summed E-state index contributed by atoms with van der Waals surface area (Å²) in [6.07, 6.45) is 3.84. The third kappa shape index (κ3) is 4.90. The normalized spacial score (nSPS) is 13.6. The van der Waals surface area contributed by atoms with Crippen molar-refractivity contribution in [3.63, 3.8) is 0 Å². The summed E-state index contributed by atoms with van der Waals surface area (Å²) in [5.74, 6) is 0.517. The first kappa shape index (κ1) is 16.0. The molecule has 0 aliphatic rings. The predicted molar refractivity (Wildman–Crippen MR) is 81.3 cm³/mol. The van der Waals surface area contributed by atoms with Crippen LogP contribution in [0.1, 0.15) is 26.0 Å². The quantitative estimate of drug-likeness (QED) is 0.712. The van der Waals surface area contributed by atoms with Crippen LogP contribution in [0.3, 0.4) is 0 Å². The van der Waals surface area contributed by atoms with Gasteiger partial charge in [-0.25, -0.2) is 0 Å². The van der Waals surface area contributed by atoms with E-state index in [1.165, 1.54) is 5.69 Å². The van der Waals surface area contributed by atoms with Crippen LogP contribution in [0.2, 0.25) is 0 Å². The minimum absolute atomic E-state index is 0.231. The first-order chi connectivity index (χ1) is 8.41. The number of hydrogen-bond acceptors (Lipinski definition) is 2. The molecule has 104 valence electrons. The van der Waals surface area contributed by atoms with Crippen LogP contribution in [0.25, 0.3) is 0 Å². The number of nitrogens with zero attached hydrogens (tertiary/aromatic N) is 3. The lowest BCUT2D eigenvalue weighted by Crippen LogP contribution is -2.20. The second kappa shape index (κ2) is 7.51. The molecular formula is C13H23BrClN3. The summed E-state index contributed by atoms with van der Waals surface area (Å²) in [5, 5.41) is 4.64. The molecule has 0 spiro atoms. The van der Waals surface area contributed by atoms with Crippen LogP contribution in [-0.2, 0) is 13.0 Å². The maximum absolute atomic E-state index is 6.31. The molecule has 1 atom stereocenters. The van der Waals surface area contributed by atoms with Gasteiger partial charge in [0.05, 0.1) is 22.9 Å². The monoisotopic (exact) mass is 335 g/mol. The van der Waals surface area contributed by atoms with Crippen molar-refractivity contribution in [1.82, 2.24) is 14.7 Å². The lowest BCUT2D eigenvalue weighted by Gasteiger charge is -2.15. The Bertz CT molecular complexity index is 363. The van der Waals surface area contributed by atoms with Crippen molar-refractivity contribution in [3.05, 3.63) is 16.4 Å². The number of halogens is 2. The maximum Gasteiger partial charge on any atom is 0.0635 e. The first-order valence-corrected chi connectivity index (χ1v) is 7.63. The topological polar surface area (TPSA) is 21.1 Å². The largest absolute Gasteiger partial charge is 0.308 e. The molecule has 0 aliphatic carbocycles. The highest BCUT2D eigenvalue weighted by Gasteiger charge is 2.14. The van der Waals surface area contributed by atoms with E-state index in [4.69, 9.17) is 11.6 Å². The summed E-state index contributed by atoms with van der Waals surface area (Å²) < 4.78 is 3.17. The third-order valence-corrected chi connectivity index (χ3v) is 4.42. The Kier molecular flexibility index (Phi) is 6.67. The number of alkyl halides is 1. The van der Waals surface area contributed by atoms with E-state index >= 15 is 0 Å². The molecule has 18 heavy (non-hydrogen) atoms. The lowest BCUT2D eigenvalue weighted by molar-refractivity contribution is 0.368. The minimum atomic E-state index is 0.231. The highest BCUT2D eigenvalue weighted by Crippen LogP contribution is 2.22. The van der Waals surface area contributed by atoms with Crippen LogP contribution < -0.4 is 0 Å². The zero-order chi connectivity index (χ0) is 13.7. The molecule has 0 aromatic carbocycles. The van der Waals surface area contributed by atoms with Crippen molar-refractivity contribution >= 4 is 27.5 Å². The SMILES string of the molecule is CC(C)C(Cl)CCc1c(Br)cnn1CCN(C)C. The molecule has 3 nitrogen and oxygen atoms in total. The van der Waals surface area contributed by atoms with Crippen LogP contribution in [-0.4, -0.2) is 40.7 Å². The molecule has 0 saturated carbocycles. The van der Waals surface area contributed by atoms with E-state index in [0.717, 1.165) is 30.4 Å². The Balaban J connectivity index is 2.60. The van der Waals surface area contributed by atoms with Gasteiger partial charge in [0.2, 0.25) is 0 Å². The molecular weight excluding hydrogens is 314 g/mol. The van der Waals surface area contributed by atoms with Crippen LogP contribution in [0.5, 0.6) is 0 Å². The van der Waals surface area contributed by atoms with E-state index in [-0.39, 0.29) is 5.38 Å². The molecule has 0 aliphatic heterocycles. The zero-order valence-corrected chi connectivity index (χ0v) is 14.0. The van der Waals surface area contributed by atoms with E-state index in [1.807, 2.05) is 6.20 Å². The highest BCUT2D eigenvalue weighted by molar-refractivity contribution is 9.10. The van der Waals surface area contributed by atoms with Crippen LogP contribution in [0, 0.1) is 5.92 Å². The summed E-state index contributed by atoms with van der Waals surface area (Å²) in [6.45, 7) is 6.24. The molecule has 1 aromatic heterocycles. The Morgan fingerprint density at radius 2 is 2.11 bits per heavy atom. The molecule has 0 fully saturated rings. The van der Waals surface area contributed by atoms with Crippen molar-refractivity contribution in [2.75, 3.05) is 20.6 Å². The molecule has 0 radical (unpaired) electrons. The standard InChI is InChI=1S/C13H23BrClN3/c1-10(2)12(15)5-6-13-11(14)9-16-18(13)8-7-17(3)4/h9-10,12H,5-8H2,1-4H3. The maximum atomic E-state index is 6.31. The van der Waals surface area contributed by atoms with Gasteiger partial charge >= 0.3 is 0 Å². The van der Waals surface area contributed by atoms with E-state index in [9.17, 15) is 0 Å². The number of rotatable bonds is 7. The molecule has 0 saturated heterocycles. The average molecular weight is 337 g/mol. The van der Waals surface area contributed by atoms with Gasteiger partial charge in [0.1, 0.15) is 0 Å². The molecule has 0 bridgehead atoms. The van der Waals surface area contributed by atoms with Gasteiger partial charge in [0.15, 0.2) is 0 Å². The summed E-state index contributed by atoms with van der Waals surface area (Å²) in [6, 6.07) is 0. The van der Waals surface area contributed by atoms with Gasteiger partial charge in [-0.2, -0.15) is 5.10 Å². The van der Waals surface area contributed by atoms with Gasteiger partial charge in [-0.05, 0) is 48.8 Å². The fourth-order valence-electron chi connectivity index (χ4n) is 1.73. The molecule has 1 aromatic rings. The Morgan fingerprint density at radius 1 is 1.44 bits per heavy atom. The van der Waals surface area contributed by atoms with Crippen molar-refractivity contribution in [3.8, 4) is 0 Å². The van der Waals surface area contributed by atoms with Gasteiger partial charge in [0, 0.05) is 11.9 Å². The van der Waals surface area contributed by atoms with Crippen molar-refractivity contribution in [2.45, 2.75) is 38.6 Å². The minimum Gasteiger partial charge on any atom is -0.308 e.